The second-order valence-electron chi connectivity index (χ2n) is 6.69. The summed E-state index contributed by atoms with van der Waals surface area (Å²) in [7, 11) is 0. The first-order valence-electron chi connectivity index (χ1n) is 8.33. The number of nitrogens with zero attached hydrogens (tertiary/aromatic N) is 1. The van der Waals surface area contributed by atoms with E-state index in [0.29, 0.717) is 12.0 Å². The van der Waals surface area contributed by atoms with E-state index in [1.807, 2.05) is 6.07 Å². The van der Waals surface area contributed by atoms with E-state index in [9.17, 15) is 4.39 Å². The predicted octanol–water partition coefficient (Wildman–Crippen LogP) is 4.34. The molecular weight excluding hydrogens is 263 g/mol. The third-order valence-electron chi connectivity index (χ3n) is 4.27. The minimum atomic E-state index is -0.137. The van der Waals surface area contributed by atoms with Crippen molar-refractivity contribution in [2.45, 2.75) is 59.0 Å². The summed E-state index contributed by atoms with van der Waals surface area (Å²) in [5.74, 6) is 0.474. The largest absolute Gasteiger partial charge is 0.369 e. The average molecular weight is 292 g/mol. The first kappa shape index (κ1) is 16.3. The van der Waals surface area contributed by atoms with E-state index in [1.54, 1.807) is 12.1 Å². The van der Waals surface area contributed by atoms with Crippen molar-refractivity contribution in [2.75, 3.05) is 18.0 Å². The molecule has 118 valence electrons. The zero-order valence-electron chi connectivity index (χ0n) is 13.7. The Morgan fingerprint density at radius 1 is 1.29 bits per heavy atom. The molecule has 0 amide bonds. The van der Waals surface area contributed by atoms with Crippen molar-refractivity contribution in [1.29, 1.82) is 0 Å². The molecule has 0 spiro atoms. The Labute approximate surface area is 128 Å². The molecule has 3 heteroatoms. The molecule has 1 unspecified atom stereocenters. The third kappa shape index (κ3) is 4.70. The number of halogens is 1. The Hall–Kier alpha value is -1.09. The molecule has 1 fully saturated rings. The van der Waals surface area contributed by atoms with E-state index >= 15 is 0 Å². The van der Waals surface area contributed by atoms with Crippen molar-refractivity contribution in [3.8, 4) is 0 Å². The Bertz CT molecular complexity index is 445. The molecule has 1 saturated heterocycles. The lowest BCUT2D eigenvalue weighted by Gasteiger charge is -2.31. The van der Waals surface area contributed by atoms with Crippen molar-refractivity contribution in [3.63, 3.8) is 0 Å². The lowest BCUT2D eigenvalue weighted by atomic mass is 10.1. The fraction of sp³-hybridized carbons (Fsp3) is 0.667. The monoisotopic (exact) mass is 292 g/mol. The lowest BCUT2D eigenvalue weighted by molar-refractivity contribution is 0.547. The first-order valence-corrected chi connectivity index (χ1v) is 8.33. The molecular formula is C18H29FN2. The van der Waals surface area contributed by atoms with E-state index in [1.165, 1.54) is 31.4 Å². The summed E-state index contributed by atoms with van der Waals surface area (Å²) in [6, 6.07) is 5.80. The molecule has 0 bridgehead atoms. The summed E-state index contributed by atoms with van der Waals surface area (Å²) in [5, 5.41) is 3.44. The molecule has 0 aromatic heterocycles. The van der Waals surface area contributed by atoms with Gasteiger partial charge < -0.3 is 10.2 Å². The number of benzene rings is 1. The van der Waals surface area contributed by atoms with Crippen LogP contribution in [0.3, 0.4) is 0 Å². The molecule has 0 saturated carbocycles. The number of rotatable bonds is 5. The Kier molecular flexibility index (Phi) is 6.04. The van der Waals surface area contributed by atoms with Gasteiger partial charge in [0.1, 0.15) is 5.82 Å². The van der Waals surface area contributed by atoms with Gasteiger partial charge in [0.05, 0.1) is 0 Å². The highest BCUT2D eigenvalue weighted by atomic mass is 19.1. The zero-order valence-corrected chi connectivity index (χ0v) is 13.7. The van der Waals surface area contributed by atoms with E-state index < -0.39 is 0 Å². The molecule has 1 N–H and O–H groups in total. The van der Waals surface area contributed by atoms with Gasteiger partial charge in [0.25, 0.3) is 0 Å². The zero-order chi connectivity index (χ0) is 15.2. The topological polar surface area (TPSA) is 15.3 Å². The molecule has 2 rings (SSSR count). The first-order chi connectivity index (χ1) is 10.1. The van der Waals surface area contributed by atoms with Crippen molar-refractivity contribution < 1.29 is 4.39 Å². The molecule has 1 aliphatic rings. The van der Waals surface area contributed by atoms with Crippen LogP contribution in [0.15, 0.2) is 18.2 Å². The minimum Gasteiger partial charge on any atom is -0.369 e. The van der Waals surface area contributed by atoms with Gasteiger partial charge in [0, 0.05) is 24.8 Å². The Morgan fingerprint density at radius 2 is 2.10 bits per heavy atom. The van der Waals surface area contributed by atoms with Crippen molar-refractivity contribution in [1.82, 2.24) is 5.32 Å². The van der Waals surface area contributed by atoms with Gasteiger partial charge in [-0.2, -0.15) is 0 Å². The van der Waals surface area contributed by atoms with Gasteiger partial charge in [0.15, 0.2) is 0 Å². The van der Waals surface area contributed by atoms with Gasteiger partial charge >= 0.3 is 0 Å². The Morgan fingerprint density at radius 3 is 2.86 bits per heavy atom. The standard InChI is InChI=1S/C18H29FN2/c1-14(2)12-20-13-16-11-17(19)8-9-18(16)21-10-6-4-5-7-15(21)3/h8-9,11,14-15,20H,4-7,10,12-13H2,1-3H3. The molecule has 0 aliphatic carbocycles. The molecule has 1 atom stereocenters. The number of nitrogens with one attached hydrogen (secondary N) is 1. The maximum atomic E-state index is 13.6. The van der Waals surface area contributed by atoms with Gasteiger partial charge in [-0.1, -0.05) is 26.7 Å². The highest BCUT2D eigenvalue weighted by molar-refractivity contribution is 5.54. The van der Waals surface area contributed by atoms with E-state index in [2.05, 4.69) is 31.0 Å². The summed E-state index contributed by atoms with van der Waals surface area (Å²) in [4.78, 5) is 2.47. The molecule has 1 aromatic rings. The maximum Gasteiger partial charge on any atom is 0.123 e. The fourth-order valence-electron chi connectivity index (χ4n) is 3.10. The lowest BCUT2D eigenvalue weighted by Crippen LogP contribution is -2.34. The predicted molar refractivity (Wildman–Crippen MR) is 88.2 cm³/mol. The van der Waals surface area contributed by atoms with Gasteiger partial charge in [-0.05, 0) is 56.0 Å². The number of hydrogen-bond donors (Lipinski definition) is 1. The molecule has 1 heterocycles. The smallest absolute Gasteiger partial charge is 0.123 e. The minimum absolute atomic E-state index is 0.137. The molecule has 2 nitrogen and oxygen atoms in total. The summed E-state index contributed by atoms with van der Waals surface area (Å²) in [6.07, 6.45) is 5.08. The molecule has 0 radical (unpaired) electrons. The van der Waals surface area contributed by atoms with Gasteiger partial charge in [0.2, 0.25) is 0 Å². The summed E-state index contributed by atoms with van der Waals surface area (Å²) >= 11 is 0. The van der Waals surface area contributed by atoms with Crippen molar-refractivity contribution in [2.24, 2.45) is 5.92 Å². The fourth-order valence-corrected chi connectivity index (χ4v) is 3.10. The van der Waals surface area contributed by atoms with Crippen LogP contribution in [0.4, 0.5) is 10.1 Å². The van der Waals surface area contributed by atoms with Crippen LogP contribution in [0.1, 0.15) is 52.0 Å². The number of hydrogen-bond acceptors (Lipinski definition) is 2. The van der Waals surface area contributed by atoms with E-state index in [4.69, 9.17) is 0 Å². The second-order valence-corrected chi connectivity index (χ2v) is 6.69. The van der Waals surface area contributed by atoms with Gasteiger partial charge in [-0.3, -0.25) is 0 Å². The van der Waals surface area contributed by atoms with Crippen molar-refractivity contribution >= 4 is 5.69 Å². The molecule has 1 aromatic carbocycles. The van der Waals surface area contributed by atoms with E-state index in [-0.39, 0.29) is 5.82 Å². The van der Waals surface area contributed by atoms with Gasteiger partial charge in [-0.25, -0.2) is 4.39 Å². The molecule has 1 aliphatic heterocycles. The van der Waals surface area contributed by atoms with Crippen LogP contribution < -0.4 is 10.2 Å². The van der Waals surface area contributed by atoms with Crippen LogP contribution in [-0.4, -0.2) is 19.1 Å². The van der Waals surface area contributed by atoms with E-state index in [0.717, 1.165) is 25.2 Å². The van der Waals surface area contributed by atoms with Crippen molar-refractivity contribution in [3.05, 3.63) is 29.6 Å². The number of anilines is 1. The Balaban J connectivity index is 2.16. The van der Waals surface area contributed by atoms with Crippen LogP contribution in [0.2, 0.25) is 0 Å². The average Bonchev–Trinajstić information content (AvgIpc) is 2.64. The third-order valence-corrected chi connectivity index (χ3v) is 4.27. The van der Waals surface area contributed by atoms with Crippen LogP contribution in [0.5, 0.6) is 0 Å². The summed E-state index contributed by atoms with van der Waals surface area (Å²) < 4.78 is 13.6. The van der Waals surface area contributed by atoms with Gasteiger partial charge in [-0.15, -0.1) is 0 Å². The second kappa shape index (κ2) is 7.79. The summed E-state index contributed by atoms with van der Waals surface area (Å²) in [5.41, 5.74) is 2.30. The summed E-state index contributed by atoms with van der Waals surface area (Å²) in [6.45, 7) is 9.47. The highest BCUT2D eigenvalue weighted by Gasteiger charge is 2.19. The quantitative estimate of drug-likeness (QED) is 0.868. The highest BCUT2D eigenvalue weighted by Crippen LogP contribution is 2.28. The normalized spacial score (nSPS) is 19.9. The molecule has 21 heavy (non-hydrogen) atoms. The SMILES string of the molecule is CC(C)CNCc1cc(F)ccc1N1CCCCCC1C. The van der Waals surface area contributed by atoms with Crippen LogP contribution in [0.25, 0.3) is 0 Å². The van der Waals surface area contributed by atoms with Crippen LogP contribution >= 0.6 is 0 Å². The van der Waals surface area contributed by atoms with Crippen LogP contribution in [0, 0.1) is 11.7 Å². The van der Waals surface area contributed by atoms with Crippen LogP contribution in [-0.2, 0) is 6.54 Å². The maximum absolute atomic E-state index is 13.6.